The second kappa shape index (κ2) is 6.15. The van der Waals surface area contributed by atoms with E-state index in [-0.39, 0.29) is 6.04 Å². The molecule has 1 aliphatic heterocycles. The molecule has 136 valence electrons. The maximum Gasteiger partial charge on any atom is 0.200 e. The summed E-state index contributed by atoms with van der Waals surface area (Å²) in [5.41, 5.74) is 4.04. The summed E-state index contributed by atoms with van der Waals surface area (Å²) >= 11 is 0. The third-order valence-electron chi connectivity index (χ3n) is 5.09. The molecule has 0 radical (unpaired) electrons. The molecule has 8 nitrogen and oxygen atoms in total. The Kier molecular flexibility index (Phi) is 3.63. The van der Waals surface area contributed by atoms with Crippen LogP contribution in [0.1, 0.15) is 28.9 Å². The first-order chi connectivity index (χ1) is 13.2. The Balaban J connectivity index is 1.57. The summed E-state index contributed by atoms with van der Waals surface area (Å²) < 4.78 is 4.01. The lowest BCUT2D eigenvalue weighted by Crippen LogP contribution is -2.39. The van der Waals surface area contributed by atoms with Crippen molar-refractivity contribution in [3.63, 3.8) is 0 Å². The Bertz CT molecular complexity index is 1100. The average molecular weight is 360 g/mol. The maximum absolute atomic E-state index is 4.46. The zero-order valence-electron chi connectivity index (χ0n) is 15.3. The zero-order chi connectivity index (χ0) is 18.4. The second-order valence-corrected chi connectivity index (χ2v) is 7.03. The van der Waals surface area contributed by atoms with Gasteiger partial charge in [0.2, 0.25) is 5.65 Å². The maximum atomic E-state index is 4.46. The van der Waals surface area contributed by atoms with Crippen LogP contribution in [-0.4, -0.2) is 41.1 Å². The van der Waals surface area contributed by atoms with Gasteiger partial charge in [0.15, 0.2) is 5.82 Å². The van der Waals surface area contributed by atoms with Gasteiger partial charge in [-0.25, -0.2) is 0 Å². The number of aryl methyl sites for hydroxylation is 2. The largest absolute Gasteiger partial charge is 0.359 e. The average Bonchev–Trinajstić information content (AvgIpc) is 3.28. The molecule has 0 saturated carbocycles. The molecule has 0 aliphatic carbocycles. The van der Waals surface area contributed by atoms with E-state index in [2.05, 4.69) is 65.3 Å². The van der Waals surface area contributed by atoms with E-state index in [0.29, 0.717) is 6.54 Å². The molecule has 27 heavy (non-hydrogen) atoms. The quantitative estimate of drug-likeness (QED) is 0.557. The summed E-state index contributed by atoms with van der Waals surface area (Å²) in [6.07, 6.45) is 2.57. The van der Waals surface area contributed by atoms with E-state index in [1.807, 2.05) is 19.9 Å². The Morgan fingerprint density at radius 1 is 1.07 bits per heavy atom. The van der Waals surface area contributed by atoms with Crippen molar-refractivity contribution in [1.29, 1.82) is 0 Å². The van der Waals surface area contributed by atoms with E-state index >= 15 is 0 Å². The zero-order valence-corrected chi connectivity index (χ0v) is 15.3. The van der Waals surface area contributed by atoms with E-state index in [1.54, 1.807) is 10.8 Å². The van der Waals surface area contributed by atoms with E-state index in [1.165, 1.54) is 5.56 Å². The minimum Gasteiger partial charge on any atom is -0.359 e. The predicted molar refractivity (Wildman–Crippen MR) is 101 cm³/mol. The Labute approximate surface area is 156 Å². The van der Waals surface area contributed by atoms with E-state index in [0.717, 1.165) is 41.6 Å². The van der Waals surface area contributed by atoms with Gasteiger partial charge in [-0.1, -0.05) is 30.3 Å². The van der Waals surface area contributed by atoms with Crippen LogP contribution in [0.15, 0.2) is 42.7 Å². The lowest BCUT2D eigenvalue weighted by molar-refractivity contribution is 0.423. The lowest BCUT2D eigenvalue weighted by Gasteiger charge is -2.35. The molecule has 0 fully saturated rings. The summed E-state index contributed by atoms with van der Waals surface area (Å²) in [6.45, 7) is 5.56. The van der Waals surface area contributed by atoms with E-state index < -0.39 is 0 Å². The number of fused-ring (bicyclic) bond motifs is 2. The SMILES string of the molecule is Cc1cc(N2Cc3nnc(C)n3[C@H](Cc3ccccc3)C2)c2nncn2n1. The van der Waals surface area contributed by atoms with Crippen LogP contribution in [0.5, 0.6) is 0 Å². The van der Waals surface area contributed by atoms with Crippen LogP contribution in [0.3, 0.4) is 0 Å². The highest BCUT2D eigenvalue weighted by molar-refractivity contribution is 5.68. The molecule has 4 aromatic rings. The lowest BCUT2D eigenvalue weighted by atomic mass is 10.0. The monoisotopic (exact) mass is 360 g/mol. The Morgan fingerprint density at radius 3 is 2.78 bits per heavy atom. The van der Waals surface area contributed by atoms with Gasteiger partial charge >= 0.3 is 0 Å². The first-order valence-corrected chi connectivity index (χ1v) is 9.06. The molecular weight excluding hydrogens is 340 g/mol. The molecule has 1 aromatic carbocycles. The fourth-order valence-electron chi connectivity index (χ4n) is 3.96. The molecule has 5 rings (SSSR count). The summed E-state index contributed by atoms with van der Waals surface area (Å²) in [6, 6.07) is 12.9. The normalized spacial score (nSPS) is 16.7. The summed E-state index contributed by atoms with van der Waals surface area (Å²) in [5, 5.41) is 21.5. The smallest absolute Gasteiger partial charge is 0.200 e. The summed E-state index contributed by atoms with van der Waals surface area (Å²) in [4.78, 5) is 2.32. The number of rotatable bonds is 3. The highest BCUT2D eigenvalue weighted by atomic mass is 15.4. The molecule has 1 aliphatic rings. The molecule has 0 unspecified atom stereocenters. The van der Waals surface area contributed by atoms with Crippen molar-refractivity contribution in [3.05, 3.63) is 65.6 Å². The highest BCUT2D eigenvalue weighted by Crippen LogP contribution is 2.30. The Morgan fingerprint density at radius 2 is 1.93 bits per heavy atom. The molecule has 0 spiro atoms. The van der Waals surface area contributed by atoms with Crippen LogP contribution in [0.4, 0.5) is 5.69 Å². The topological polar surface area (TPSA) is 77.0 Å². The third kappa shape index (κ3) is 2.73. The van der Waals surface area contributed by atoms with Gasteiger partial charge in [0.25, 0.3) is 0 Å². The molecule has 4 heterocycles. The van der Waals surface area contributed by atoms with Crippen LogP contribution in [0, 0.1) is 13.8 Å². The number of hydrogen-bond acceptors (Lipinski definition) is 6. The van der Waals surface area contributed by atoms with Gasteiger partial charge in [-0.3, -0.25) is 0 Å². The first kappa shape index (κ1) is 15.9. The van der Waals surface area contributed by atoms with Gasteiger partial charge in [-0.15, -0.1) is 20.4 Å². The van der Waals surface area contributed by atoms with Crippen molar-refractivity contribution in [1.82, 2.24) is 34.6 Å². The standard InChI is InChI=1S/C19H20N8/c1-13-8-17(19-23-20-12-26(19)24-13)25-10-16(9-15-6-4-3-5-7-15)27-14(2)21-22-18(27)11-25/h3-8,12,16H,9-11H2,1-2H3/t16-/m1/s1. The third-order valence-corrected chi connectivity index (χ3v) is 5.09. The molecular formula is C19H20N8. The van der Waals surface area contributed by atoms with E-state index in [9.17, 15) is 0 Å². The van der Waals surface area contributed by atoms with Gasteiger partial charge < -0.3 is 9.47 Å². The molecule has 0 amide bonds. The van der Waals surface area contributed by atoms with Crippen LogP contribution in [0.25, 0.3) is 5.65 Å². The highest BCUT2D eigenvalue weighted by Gasteiger charge is 2.29. The minimum absolute atomic E-state index is 0.252. The van der Waals surface area contributed by atoms with Crippen molar-refractivity contribution in [2.24, 2.45) is 0 Å². The molecule has 0 bridgehead atoms. The van der Waals surface area contributed by atoms with Gasteiger partial charge in [0.1, 0.15) is 12.2 Å². The van der Waals surface area contributed by atoms with Crippen LogP contribution in [0.2, 0.25) is 0 Å². The molecule has 3 aromatic heterocycles. The van der Waals surface area contributed by atoms with Gasteiger partial charge in [0.05, 0.1) is 24.0 Å². The van der Waals surface area contributed by atoms with Gasteiger partial charge in [-0.05, 0) is 31.9 Å². The summed E-state index contributed by atoms with van der Waals surface area (Å²) in [5.74, 6) is 1.94. The van der Waals surface area contributed by atoms with Crippen molar-refractivity contribution in [2.75, 3.05) is 11.4 Å². The fourth-order valence-corrected chi connectivity index (χ4v) is 3.96. The molecule has 8 heteroatoms. The number of benzene rings is 1. The number of anilines is 1. The number of aromatic nitrogens is 7. The van der Waals surface area contributed by atoms with Gasteiger partial charge in [0, 0.05) is 6.54 Å². The van der Waals surface area contributed by atoms with Gasteiger partial charge in [-0.2, -0.15) is 9.61 Å². The number of nitrogens with zero attached hydrogens (tertiary/aromatic N) is 8. The predicted octanol–water partition coefficient (Wildman–Crippen LogP) is 2.14. The van der Waals surface area contributed by atoms with Crippen molar-refractivity contribution < 1.29 is 0 Å². The van der Waals surface area contributed by atoms with Crippen LogP contribution >= 0.6 is 0 Å². The minimum atomic E-state index is 0.252. The van der Waals surface area contributed by atoms with Crippen molar-refractivity contribution >= 4 is 11.3 Å². The molecule has 0 saturated heterocycles. The molecule has 1 atom stereocenters. The van der Waals surface area contributed by atoms with Crippen LogP contribution in [-0.2, 0) is 13.0 Å². The van der Waals surface area contributed by atoms with Crippen molar-refractivity contribution in [3.8, 4) is 0 Å². The Hall–Kier alpha value is -3.29. The van der Waals surface area contributed by atoms with Crippen molar-refractivity contribution in [2.45, 2.75) is 32.9 Å². The van der Waals surface area contributed by atoms with Crippen LogP contribution < -0.4 is 4.90 Å². The molecule has 0 N–H and O–H groups in total. The summed E-state index contributed by atoms with van der Waals surface area (Å²) in [7, 11) is 0. The fraction of sp³-hybridized carbons (Fsp3) is 0.316. The second-order valence-electron chi connectivity index (χ2n) is 7.03. The number of hydrogen-bond donors (Lipinski definition) is 0. The first-order valence-electron chi connectivity index (χ1n) is 9.06. The van der Waals surface area contributed by atoms with E-state index in [4.69, 9.17) is 0 Å².